The van der Waals surface area contributed by atoms with E-state index in [-0.39, 0.29) is 18.0 Å². The molecule has 5 nitrogen and oxygen atoms in total. The van der Waals surface area contributed by atoms with Crippen molar-refractivity contribution in [3.8, 4) is 0 Å². The van der Waals surface area contributed by atoms with E-state index in [0.29, 0.717) is 17.5 Å². The first-order valence-electron chi connectivity index (χ1n) is 9.39. The Labute approximate surface area is 147 Å². The highest BCUT2D eigenvalue weighted by molar-refractivity contribution is 5.81. The zero-order chi connectivity index (χ0) is 17.4. The fourth-order valence-corrected chi connectivity index (χ4v) is 4.03. The van der Waals surface area contributed by atoms with Gasteiger partial charge < -0.3 is 4.90 Å². The number of aromatic nitrogens is 2. The lowest BCUT2D eigenvalue weighted by molar-refractivity contribution is -0.136. The minimum atomic E-state index is -0.181. The minimum absolute atomic E-state index is 0.0478. The third kappa shape index (κ3) is 3.32. The molecule has 0 spiro atoms. The van der Waals surface area contributed by atoms with Crippen molar-refractivity contribution in [2.24, 2.45) is 5.92 Å². The topological polar surface area (TPSA) is 55.2 Å². The van der Waals surface area contributed by atoms with Crippen LogP contribution in [0.4, 0.5) is 0 Å². The smallest absolute Gasteiger partial charge is 0.275 e. The molecule has 1 aromatic heterocycles. The molecule has 5 heteroatoms. The molecule has 0 aliphatic heterocycles. The van der Waals surface area contributed by atoms with Gasteiger partial charge in [0.25, 0.3) is 5.56 Å². The van der Waals surface area contributed by atoms with Crippen molar-refractivity contribution in [2.75, 3.05) is 0 Å². The van der Waals surface area contributed by atoms with Gasteiger partial charge in [0.15, 0.2) is 0 Å². The summed E-state index contributed by atoms with van der Waals surface area (Å²) in [6.45, 7) is 2.34. The molecule has 2 fully saturated rings. The van der Waals surface area contributed by atoms with E-state index in [0.717, 1.165) is 37.0 Å². The molecule has 0 saturated heterocycles. The molecule has 2 aromatic rings. The van der Waals surface area contributed by atoms with Crippen molar-refractivity contribution in [1.29, 1.82) is 0 Å². The molecule has 2 saturated carbocycles. The molecule has 2 aliphatic carbocycles. The Hall–Kier alpha value is -2.17. The van der Waals surface area contributed by atoms with Gasteiger partial charge in [-0.1, -0.05) is 25.1 Å². The number of carbonyl (C=O) groups excluding carboxylic acids is 1. The third-order valence-electron chi connectivity index (χ3n) is 5.65. The lowest BCUT2D eigenvalue weighted by atomic mass is 9.86. The standard InChI is InChI=1S/C20H25N3O2/c1-14-6-8-16(9-7-14)23(17-10-11-17)19(24)13-22-20(25)18-5-3-2-4-15(18)12-21-22/h2-5,12,14,16-17H,6-11,13H2,1H3. The van der Waals surface area contributed by atoms with E-state index in [2.05, 4.69) is 16.9 Å². The van der Waals surface area contributed by atoms with E-state index in [1.165, 1.54) is 17.5 Å². The van der Waals surface area contributed by atoms with E-state index in [1.807, 2.05) is 18.2 Å². The van der Waals surface area contributed by atoms with Crippen molar-refractivity contribution in [1.82, 2.24) is 14.7 Å². The predicted octanol–water partition coefficient (Wildman–Crippen LogP) is 2.97. The highest BCUT2D eigenvalue weighted by Crippen LogP contribution is 2.35. The maximum Gasteiger partial charge on any atom is 0.275 e. The molecule has 2 aliphatic rings. The fraction of sp³-hybridized carbons (Fsp3) is 0.550. The van der Waals surface area contributed by atoms with Crippen LogP contribution in [0.5, 0.6) is 0 Å². The number of benzene rings is 1. The Bertz CT molecular complexity index is 832. The quantitative estimate of drug-likeness (QED) is 0.860. The van der Waals surface area contributed by atoms with Gasteiger partial charge in [-0.15, -0.1) is 0 Å². The molecule has 0 atom stereocenters. The van der Waals surface area contributed by atoms with Crippen molar-refractivity contribution in [3.63, 3.8) is 0 Å². The first-order chi connectivity index (χ1) is 12.1. The first-order valence-corrected chi connectivity index (χ1v) is 9.39. The monoisotopic (exact) mass is 339 g/mol. The molecule has 132 valence electrons. The van der Waals surface area contributed by atoms with Gasteiger partial charge in [0.2, 0.25) is 5.91 Å². The van der Waals surface area contributed by atoms with Crippen LogP contribution in [0.2, 0.25) is 0 Å². The van der Waals surface area contributed by atoms with Gasteiger partial charge >= 0.3 is 0 Å². The van der Waals surface area contributed by atoms with E-state index < -0.39 is 0 Å². The molecular weight excluding hydrogens is 314 g/mol. The highest BCUT2D eigenvalue weighted by Gasteiger charge is 2.38. The lowest BCUT2D eigenvalue weighted by Crippen LogP contribution is -2.46. The highest BCUT2D eigenvalue weighted by atomic mass is 16.2. The Kier molecular flexibility index (Phi) is 4.32. The fourth-order valence-electron chi connectivity index (χ4n) is 4.03. The molecule has 0 bridgehead atoms. The summed E-state index contributed by atoms with van der Waals surface area (Å²) in [5.41, 5.74) is -0.181. The normalized spacial score (nSPS) is 23.6. The third-order valence-corrected chi connectivity index (χ3v) is 5.65. The second kappa shape index (κ2) is 6.62. The molecule has 0 unspecified atom stereocenters. The van der Waals surface area contributed by atoms with Gasteiger partial charge in [-0.3, -0.25) is 9.59 Å². The van der Waals surface area contributed by atoms with Crippen LogP contribution >= 0.6 is 0 Å². The summed E-state index contributed by atoms with van der Waals surface area (Å²) in [6.07, 6.45) is 8.42. The van der Waals surface area contributed by atoms with Crippen LogP contribution in [0.25, 0.3) is 10.8 Å². The molecule has 0 radical (unpaired) electrons. The van der Waals surface area contributed by atoms with Crippen molar-refractivity contribution in [3.05, 3.63) is 40.8 Å². The molecular formula is C20H25N3O2. The number of hydrogen-bond donors (Lipinski definition) is 0. The number of carbonyl (C=O) groups is 1. The summed E-state index contributed by atoms with van der Waals surface area (Å²) in [5, 5.41) is 5.66. The van der Waals surface area contributed by atoms with Crippen LogP contribution in [0, 0.1) is 5.92 Å². The summed E-state index contributed by atoms with van der Waals surface area (Å²) in [4.78, 5) is 27.7. The van der Waals surface area contributed by atoms with Gasteiger partial charge in [-0.25, -0.2) is 4.68 Å². The molecule has 25 heavy (non-hydrogen) atoms. The summed E-state index contributed by atoms with van der Waals surface area (Å²) in [7, 11) is 0. The van der Waals surface area contributed by atoms with Crippen molar-refractivity contribution in [2.45, 2.75) is 64.1 Å². The van der Waals surface area contributed by atoms with Crippen molar-refractivity contribution >= 4 is 16.7 Å². The summed E-state index contributed by atoms with van der Waals surface area (Å²) in [5.74, 6) is 0.809. The van der Waals surface area contributed by atoms with Crippen LogP contribution in [0.15, 0.2) is 35.3 Å². The Morgan fingerprint density at radius 1 is 1.12 bits per heavy atom. The Morgan fingerprint density at radius 2 is 1.76 bits per heavy atom. The SMILES string of the molecule is CC1CCC(N(C(=O)Cn2ncc3ccccc3c2=O)C2CC2)CC1. The molecule has 0 N–H and O–H groups in total. The molecule has 1 aromatic carbocycles. The van der Waals surface area contributed by atoms with E-state index in [9.17, 15) is 9.59 Å². The average molecular weight is 339 g/mol. The second-order valence-electron chi connectivity index (χ2n) is 7.64. The van der Waals surface area contributed by atoms with Crippen LogP contribution in [0.3, 0.4) is 0 Å². The summed E-state index contributed by atoms with van der Waals surface area (Å²) in [6, 6.07) is 8.11. The van der Waals surface area contributed by atoms with Crippen LogP contribution in [-0.2, 0) is 11.3 Å². The Balaban J connectivity index is 1.56. The number of rotatable bonds is 4. The minimum Gasteiger partial charge on any atom is -0.335 e. The summed E-state index contributed by atoms with van der Waals surface area (Å²) >= 11 is 0. The average Bonchev–Trinajstić information content (AvgIpc) is 3.44. The predicted molar refractivity (Wildman–Crippen MR) is 97.3 cm³/mol. The second-order valence-corrected chi connectivity index (χ2v) is 7.64. The number of nitrogens with zero attached hydrogens (tertiary/aromatic N) is 3. The molecule has 1 heterocycles. The van der Waals surface area contributed by atoms with E-state index in [1.54, 1.807) is 12.3 Å². The van der Waals surface area contributed by atoms with Crippen molar-refractivity contribution < 1.29 is 4.79 Å². The van der Waals surface area contributed by atoms with Gasteiger partial charge in [-0.2, -0.15) is 5.10 Å². The molecule has 4 rings (SSSR count). The lowest BCUT2D eigenvalue weighted by Gasteiger charge is -2.36. The summed E-state index contributed by atoms with van der Waals surface area (Å²) < 4.78 is 1.32. The number of hydrogen-bond acceptors (Lipinski definition) is 3. The maximum absolute atomic E-state index is 13.0. The van der Waals surface area contributed by atoms with Crippen LogP contribution < -0.4 is 5.56 Å². The number of fused-ring (bicyclic) bond motifs is 1. The van der Waals surface area contributed by atoms with Gasteiger partial charge in [0, 0.05) is 17.5 Å². The van der Waals surface area contributed by atoms with Crippen LogP contribution in [-0.4, -0.2) is 32.7 Å². The van der Waals surface area contributed by atoms with Gasteiger partial charge in [0.05, 0.1) is 11.6 Å². The molecule has 1 amide bonds. The van der Waals surface area contributed by atoms with Gasteiger partial charge in [0.1, 0.15) is 6.54 Å². The Morgan fingerprint density at radius 3 is 2.44 bits per heavy atom. The van der Waals surface area contributed by atoms with E-state index in [4.69, 9.17) is 0 Å². The number of amides is 1. The van der Waals surface area contributed by atoms with Crippen LogP contribution in [0.1, 0.15) is 45.4 Å². The first kappa shape index (κ1) is 16.3. The zero-order valence-electron chi connectivity index (χ0n) is 14.7. The zero-order valence-corrected chi connectivity index (χ0v) is 14.7. The van der Waals surface area contributed by atoms with E-state index >= 15 is 0 Å². The largest absolute Gasteiger partial charge is 0.335 e. The maximum atomic E-state index is 13.0. The van der Waals surface area contributed by atoms with Gasteiger partial charge in [-0.05, 0) is 50.5 Å².